The molecule has 0 spiro atoms. The molecular formula is C13H22N4O. The molecule has 2 heterocycles. The normalized spacial score (nSPS) is 18.8. The van der Waals surface area contributed by atoms with Gasteiger partial charge in [-0.25, -0.2) is 0 Å². The second-order valence-corrected chi connectivity index (χ2v) is 5.40. The van der Waals surface area contributed by atoms with Crippen LogP contribution in [0.4, 0.5) is 0 Å². The number of fused-ring (bicyclic) bond motifs is 1. The third kappa shape index (κ3) is 2.89. The molecule has 0 saturated carbocycles. The Morgan fingerprint density at radius 2 is 2.28 bits per heavy atom. The summed E-state index contributed by atoms with van der Waals surface area (Å²) in [5.41, 5.74) is 0. The van der Waals surface area contributed by atoms with Crippen molar-refractivity contribution in [3.8, 4) is 0 Å². The molecule has 0 radical (unpaired) electrons. The van der Waals surface area contributed by atoms with E-state index in [1.54, 1.807) is 0 Å². The maximum atomic E-state index is 11.8. The Morgan fingerprint density at radius 1 is 1.50 bits per heavy atom. The third-order valence-electron chi connectivity index (χ3n) is 3.30. The van der Waals surface area contributed by atoms with Crippen molar-refractivity contribution < 1.29 is 4.79 Å². The van der Waals surface area contributed by atoms with E-state index >= 15 is 0 Å². The van der Waals surface area contributed by atoms with E-state index in [1.807, 2.05) is 0 Å². The van der Waals surface area contributed by atoms with Gasteiger partial charge >= 0.3 is 0 Å². The highest BCUT2D eigenvalue weighted by atomic mass is 16.1. The largest absolute Gasteiger partial charge is 0.352 e. The molecule has 0 aromatic carbocycles. The van der Waals surface area contributed by atoms with Crippen molar-refractivity contribution in [3.63, 3.8) is 0 Å². The predicted octanol–water partition coefficient (Wildman–Crippen LogP) is 1.32. The zero-order chi connectivity index (χ0) is 13.1. The van der Waals surface area contributed by atoms with Crippen LogP contribution >= 0.6 is 0 Å². The predicted molar refractivity (Wildman–Crippen MR) is 69.1 cm³/mol. The lowest BCUT2D eigenvalue weighted by Gasteiger charge is -2.25. The third-order valence-corrected chi connectivity index (χ3v) is 3.30. The van der Waals surface area contributed by atoms with Gasteiger partial charge in [-0.2, -0.15) is 0 Å². The Hall–Kier alpha value is -1.39. The molecule has 0 aliphatic carbocycles. The Kier molecular flexibility index (Phi) is 3.99. The van der Waals surface area contributed by atoms with Crippen LogP contribution in [0, 0.1) is 5.92 Å². The summed E-state index contributed by atoms with van der Waals surface area (Å²) in [6, 6.07) is 0.227. The molecule has 0 fully saturated rings. The Bertz CT molecular complexity index is 411. The number of carbonyl (C=O) groups is 1. The van der Waals surface area contributed by atoms with Crippen molar-refractivity contribution in [2.75, 3.05) is 0 Å². The van der Waals surface area contributed by atoms with Crippen LogP contribution in [-0.2, 0) is 24.2 Å². The summed E-state index contributed by atoms with van der Waals surface area (Å²) in [6.07, 6.45) is 3.36. The number of aromatic nitrogens is 3. The molecule has 100 valence electrons. The molecule has 1 N–H and O–H groups in total. The van der Waals surface area contributed by atoms with Crippen LogP contribution in [0.15, 0.2) is 0 Å². The lowest BCUT2D eigenvalue weighted by atomic mass is 10.1. The molecule has 2 rings (SSSR count). The first kappa shape index (κ1) is 13.1. The van der Waals surface area contributed by atoms with Gasteiger partial charge in [0.25, 0.3) is 0 Å². The quantitative estimate of drug-likeness (QED) is 0.876. The van der Waals surface area contributed by atoms with Gasteiger partial charge in [-0.3, -0.25) is 4.79 Å². The van der Waals surface area contributed by atoms with Crippen LogP contribution in [0.5, 0.6) is 0 Å². The van der Waals surface area contributed by atoms with E-state index in [1.165, 1.54) is 0 Å². The van der Waals surface area contributed by atoms with Gasteiger partial charge in [-0.1, -0.05) is 20.8 Å². The summed E-state index contributed by atoms with van der Waals surface area (Å²) in [5, 5.41) is 11.5. The number of aryl methyl sites for hydroxylation is 2. The molecule has 0 unspecified atom stereocenters. The zero-order valence-electron chi connectivity index (χ0n) is 11.4. The Morgan fingerprint density at radius 3 is 2.94 bits per heavy atom. The lowest BCUT2D eigenvalue weighted by molar-refractivity contribution is -0.122. The molecule has 1 atom stereocenters. The zero-order valence-corrected chi connectivity index (χ0v) is 11.4. The standard InChI is InChI=1S/C13H22N4O/c1-4-11-15-16-12-6-5-10(8-17(11)12)14-13(18)7-9(2)3/h9-10H,4-8H2,1-3H3,(H,14,18)/t10-/m0/s1. The van der Waals surface area contributed by atoms with Gasteiger partial charge in [0, 0.05) is 31.8 Å². The Balaban J connectivity index is 1.96. The first-order valence-electron chi connectivity index (χ1n) is 6.80. The summed E-state index contributed by atoms with van der Waals surface area (Å²) in [6.45, 7) is 7.02. The fourth-order valence-electron chi connectivity index (χ4n) is 2.42. The van der Waals surface area contributed by atoms with E-state index < -0.39 is 0 Å². The van der Waals surface area contributed by atoms with E-state index in [9.17, 15) is 4.79 Å². The van der Waals surface area contributed by atoms with Gasteiger partial charge in [0.2, 0.25) is 5.91 Å². The monoisotopic (exact) mass is 250 g/mol. The minimum atomic E-state index is 0.157. The highest BCUT2D eigenvalue weighted by Gasteiger charge is 2.23. The van der Waals surface area contributed by atoms with Crippen LogP contribution in [0.1, 0.15) is 45.3 Å². The van der Waals surface area contributed by atoms with E-state index in [4.69, 9.17) is 0 Å². The van der Waals surface area contributed by atoms with Crippen LogP contribution in [0.25, 0.3) is 0 Å². The fraction of sp³-hybridized carbons (Fsp3) is 0.769. The Labute approximate surface area is 108 Å². The topological polar surface area (TPSA) is 59.8 Å². The highest BCUT2D eigenvalue weighted by Crippen LogP contribution is 2.15. The number of hydrogen-bond donors (Lipinski definition) is 1. The summed E-state index contributed by atoms with van der Waals surface area (Å²) < 4.78 is 2.16. The van der Waals surface area contributed by atoms with Gasteiger partial charge < -0.3 is 9.88 Å². The van der Waals surface area contributed by atoms with E-state index in [0.717, 1.165) is 37.5 Å². The smallest absolute Gasteiger partial charge is 0.220 e. The van der Waals surface area contributed by atoms with Crippen LogP contribution in [-0.4, -0.2) is 26.7 Å². The fourth-order valence-corrected chi connectivity index (χ4v) is 2.42. The number of rotatable bonds is 4. The molecular weight excluding hydrogens is 228 g/mol. The summed E-state index contributed by atoms with van der Waals surface area (Å²) in [7, 11) is 0. The minimum Gasteiger partial charge on any atom is -0.352 e. The summed E-state index contributed by atoms with van der Waals surface area (Å²) in [4.78, 5) is 11.8. The number of carbonyl (C=O) groups excluding carboxylic acids is 1. The molecule has 0 bridgehead atoms. The second kappa shape index (κ2) is 5.50. The maximum absolute atomic E-state index is 11.8. The molecule has 5 heteroatoms. The maximum Gasteiger partial charge on any atom is 0.220 e. The minimum absolute atomic E-state index is 0.157. The van der Waals surface area contributed by atoms with Gasteiger partial charge in [-0.05, 0) is 12.3 Å². The molecule has 1 amide bonds. The van der Waals surface area contributed by atoms with Crippen molar-refractivity contribution >= 4 is 5.91 Å². The number of nitrogens with one attached hydrogen (secondary N) is 1. The lowest BCUT2D eigenvalue weighted by Crippen LogP contribution is -2.41. The second-order valence-electron chi connectivity index (χ2n) is 5.40. The first-order valence-corrected chi connectivity index (χ1v) is 6.80. The summed E-state index contributed by atoms with van der Waals surface area (Å²) >= 11 is 0. The van der Waals surface area contributed by atoms with Crippen molar-refractivity contribution in [2.45, 2.75) is 59.0 Å². The van der Waals surface area contributed by atoms with Crippen molar-refractivity contribution in [3.05, 3.63) is 11.6 Å². The molecule has 1 aliphatic heterocycles. The molecule has 1 aliphatic rings. The van der Waals surface area contributed by atoms with E-state index in [2.05, 4.69) is 40.9 Å². The average molecular weight is 250 g/mol. The highest BCUT2D eigenvalue weighted by molar-refractivity contribution is 5.76. The SMILES string of the molecule is CCc1nnc2n1C[C@@H](NC(=O)CC(C)C)CC2. The number of nitrogens with zero attached hydrogens (tertiary/aromatic N) is 3. The van der Waals surface area contributed by atoms with Crippen molar-refractivity contribution in [1.29, 1.82) is 0 Å². The van der Waals surface area contributed by atoms with Crippen LogP contribution in [0.2, 0.25) is 0 Å². The molecule has 1 aromatic heterocycles. The van der Waals surface area contributed by atoms with Crippen molar-refractivity contribution in [1.82, 2.24) is 20.1 Å². The van der Waals surface area contributed by atoms with E-state index in [-0.39, 0.29) is 11.9 Å². The van der Waals surface area contributed by atoms with Gasteiger partial charge in [0.05, 0.1) is 0 Å². The molecule has 0 saturated heterocycles. The van der Waals surface area contributed by atoms with Crippen molar-refractivity contribution in [2.24, 2.45) is 5.92 Å². The first-order chi connectivity index (χ1) is 8.60. The number of amides is 1. The van der Waals surface area contributed by atoms with E-state index in [0.29, 0.717) is 12.3 Å². The number of hydrogen-bond acceptors (Lipinski definition) is 3. The molecule has 5 nitrogen and oxygen atoms in total. The molecule has 1 aromatic rings. The van der Waals surface area contributed by atoms with Gasteiger partial charge in [0.1, 0.15) is 11.6 Å². The van der Waals surface area contributed by atoms with Gasteiger partial charge in [0.15, 0.2) is 0 Å². The van der Waals surface area contributed by atoms with Crippen LogP contribution < -0.4 is 5.32 Å². The molecule has 18 heavy (non-hydrogen) atoms. The van der Waals surface area contributed by atoms with Gasteiger partial charge in [-0.15, -0.1) is 10.2 Å². The average Bonchev–Trinajstić information content (AvgIpc) is 2.70. The van der Waals surface area contributed by atoms with Crippen LogP contribution in [0.3, 0.4) is 0 Å². The summed E-state index contributed by atoms with van der Waals surface area (Å²) in [5.74, 6) is 2.64.